The fourth-order valence-corrected chi connectivity index (χ4v) is 3.85. The van der Waals surface area contributed by atoms with E-state index in [1.165, 1.54) is 38.1 Å². The standard InChI is InChI=1S/C18H21N2O7P/c1-4-25-17(21)18(2,3)19-28(24,26-15-8-6-5-7-9-15)27-16-12-10-14(11-13-16)20(22)23/h5-13H,4H2,1-3H3,(H,19,24). The molecular formula is C18H21N2O7P. The summed E-state index contributed by atoms with van der Waals surface area (Å²) < 4.78 is 29.4. The smallest absolute Gasteiger partial charge is 0.465 e. The highest BCUT2D eigenvalue weighted by atomic mass is 31.2. The quantitative estimate of drug-likeness (QED) is 0.285. The second-order valence-corrected chi connectivity index (χ2v) is 7.79. The molecule has 2 rings (SSSR count). The van der Waals surface area contributed by atoms with Gasteiger partial charge in [-0.25, -0.2) is 4.57 Å². The molecule has 0 amide bonds. The average molecular weight is 408 g/mol. The minimum Gasteiger partial charge on any atom is -0.465 e. The van der Waals surface area contributed by atoms with Gasteiger partial charge in [-0.2, -0.15) is 5.09 Å². The summed E-state index contributed by atoms with van der Waals surface area (Å²) in [4.78, 5) is 22.4. The molecule has 1 atom stereocenters. The molecule has 2 aromatic rings. The van der Waals surface area contributed by atoms with Gasteiger partial charge in [-0.1, -0.05) is 18.2 Å². The number of hydrogen-bond donors (Lipinski definition) is 1. The number of ether oxygens (including phenoxy) is 1. The summed E-state index contributed by atoms with van der Waals surface area (Å²) in [5, 5.41) is 13.4. The summed E-state index contributed by atoms with van der Waals surface area (Å²) in [6.45, 7) is 4.76. The minimum atomic E-state index is -4.12. The van der Waals surface area contributed by atoms with Crippen molar-refractivity contribution in [3.05, 3.63) is 64.7 Å². The highest BCUT2D eigenvalue weighted by molar-refractivity contribution is 7.52. The predicted octanol–water partition coefficient (Wildman–Crippen LogP) is 4.09. The highest BCUT2D eigenvalue weighted by Crippen LogP contribution is 2.46. The van der Waals surface area contributed by atoms with Crippen LogP contribution in [0.3, 0.4) is 0 Å². The predicted molar refractivity (Wildman–Crippen MR) is 102 cm³/mol. The highest BCUT2D eigenvalue weighted by Gasteiger charge is 2.41. The molecule has 0 bridgehead atoms. The van der Waals surface area contributed by atoms with Gasteiger partial charge >= 0.3 is 13.7 Å². The van der Waals surface area contributed by atoms with Gasteiger partial charge in [-0.3, -0.25) is 14.9 Å². The van der Waals surface area contributed by atoms with Crippen molar-refractivity contribution in [2.75, 3.05) is 6.61 Å². The molecule has 0 aromatic heterocycles. The lowest BCUT2D eigenvalue weighted by Crippen LogP contribution is -2.47. The third-order valence-electron chi connectivity index (χ3n) is 3.44. The molecule has 1 N–H and O–H groups in total. The molecule has 1 unspecified atom stereocenters. The van der Waals surface area contributed by atoms with Gasteiger partial charge in [0, 0.05) is 12.1 Å². The van der Waals surface area contributed by atoms with E-state index in [9.17, 15) is 19.5 Å². The number of rotatable bonds is 9. The number of para-hydroxylation sites is 1. The molecule has 9 nitrogen and oxygen atoms in total. The van der Waals surface area contributed by atoms with Gasteiger partial charge in [-0.05, 0) is 45.0 Å². The van der Waals surface area contributed by atoms with E-state index in [1.54, 1.807) is 37.3 Å². The van der Waals surface area contributed by atoms with Crippen molar-refractivity contribution in [2.45, 2.75) is 26.3 Å². The molecule has 0 aliphatic carbocycles. The lowest BCUT2D eigenvalue weighted by Gasteiger charge is -2.29. The zero-order valence-electron chi connectivity index (χ0n) is 15.7. The third kappa shape index (κ3) is 5.80. The van der Waals surface area contributed by atoms with E-state index in [0.29, 0.717) is 0 Å². The summed E-state index contributed by atoms with van der Waals surface area (Å²) in [6, 6.07) is 13.3. The molecule has 0 aliphatic rings. The maximum absolute atomic E-state index is 13.4. The fraction of sp³-hybridized carbons (Fsp3) is 0.278. The van der Waals surface area contributed by atoms with Crippen molar-refractivity contribution in [3.63, 3.8) is 0 Å². The van der Waals surface area contributed by atoms with Crippen LogP contribution >= 0.6 is 7.75 Å². The zero-order chi connectivity index (χ0) is 20.8. The van der Waals surface area contributed by atoms with Crippen molar-refractivity contribution >= 4 is 19.4 Å². The van der Waals surface area contributed by atoms with E-state index in [4.69, 9.17) is 13.8 Å². The lowest BCUT2D eigenvalue weighted by molar-refractivity contribution is -0.384. The lowest BCUT2D eigenvalue weighted by atomic mass is 10.1. The van der Waals surface area contributed by atoms with Crippen LogP contribution in [0.4, 0.5) is 5.69 Å². The summed E-state index contributed by atoms with van der Waals surface area (Å²) >= 11 is 0. The SMILES string of the molecule is CCOC(=O)C(C)(C)NP(=O)(Oc1ccccc1)Oc1ccc([N+](=O)[O-])cc1. The van der Waals surface area contributed by atoms with Gasteiger partial charge in [0.15, 0.2) is 0 Å². The number of hydrogen-bond acceptors (Lipinski definition) is 7. The van der Waals surface area contributed by atoms with E-state index in [-0.39, 0.29) is 23.8 Å². The summed E-state index contributed by atoms with van der Waals surface area (Å²) in [6.07, 6.45) is 0. The number of nitrogens with one attached hydrogen (secondary N) is 1. The Hall–Kier alpha value is -2.90. The molecule has 0 aliphatic heterocycles. The minimum absolute atomic E-state index is 0.0667. The van der Waals surface area contributed by atoms with Crippen molar-refractivity contribution in [3.8, 4) is 11.5 Å². The number of nitro groups is 1. The Bertz CT molecular complexity index is 869. The Balaban J connectivity index is 2.31. The largest absolute Gasteiger partial charge is 0.513 e. The molecule has 2 aromatic carbocycles. The van der Waals surface area contributed by atoms with Crippen LogP contribution in [0.1, 0.15) is 20.8 Å². The molecule has 150 valence electrons. The Morgan fingerprint density at radius 3 is 2.11 bits per heavy atom. The molecule has 0 heterocycles. The molecule has 0 fully saturated rings. The molecule has 0 saturated carbocycles. The maximum atomic E-state index is 13.4. The number of non-ortho nitro benzene ring substituents is 1. The van der Waals surface area contributed by atoms with Gasteiger partial charge in [0.25, 0.3) is 5.69 Å². The zero-order valence-corrected chi connectivity index (χ0v) is 16.5. The van der Waals surface area contributed by atoms with E-state index >= 15 is 0 Å². The van der Waals surface area contributed by atoms with Crippen LogP contribution in [-0.4, -0.2) is 23.0 Å². The number of carbonyl (C=O) groups excluding carboxylic acids is 1. The van der Waals surface area contributed by atoms with Crippen LogP contribution in [0.25, 0.3) is 0 Å². The third-order valence-corrected chi connectivity index (χ3v) is 5.18. The van der Waals surface area contributed by atoms with Gasteiger partial charge in [0.2, 0.25) is 0 Å². The van der Waals surface area contributed by atoms with Crippen LogP contribution in [0.2, 0.25) is 0 Å². The number of benzene rings is 2. The Labute approximate surface area is 162 Å². The van der Waals surface area contributed by atoms with Crippen LogP contribution in [0, 0.1) is 10.1 Å². The van der Waals surface area contributed by atoms with E-state index in [0.717, 1.165) is 0 Å². The van der Waals surface area contributed by atoms with Crippen LogP contribution < -0.4 is 14.1 Å². The van der Waals surface area contributed by atoms with Gasteiger partial charge in [0.05, 0.1) is 11.5 Å². The van der Waals surface area contributed by atoms with Gasteiger partial charge in [0.1, 0.15) is 17.0 Å². The second kappa shape index (κ2) is 8.86. The molecular weight excluding hydrogens is 387 g/mol. The molecule has 10 heteroatoms. The van der Waals surface area contributed by atoms with Gasteiger partial charge < -0.3 is 13.8 Å². The monoisotopic (exact) mass is 408 g/mol. The Morgan fingerprint density at radius 2 is 1.61 bits per heavy atom. The van der Waals surface area contributed by atoms with Crippen molar-refractivity contribution in [1.82, 2.24) is 5.09 Å². The van der Waals surface area contributed by atoms with Crippen LogP contribution in [0.5, 0.6) is 11.5 Å². The fourth-order valence-electron chi connectivity index (χ4n) is 2.15. The Morgan fingerprint density at radius 1 is 1.07 bits per heavy atom. The van der Waals surface area contributed by atoms with Crippen molar-refractivity contribution in [2.24, 2.45) is 0 Å². The topological polar surface area (TPSA) is 117 Å². The second-order valence-electron chi connectivity index (χ2n) is 6.20. The number of nitrogens with zero attached hydrogens (tertiary/aromatic N) is 1. The summed E-state index contributed by atoms with van der Waals surface area (Å²) in [5.74, 6) is -0.323. The first-order chi connectivity index (χ1) is 13.1. The normalized spacial score (nSPS) is 13.2. The maximum Gasteiger partial charge on any atom is 0.513 e. The molecule has 0 radical (unpaired) electrons. The van der Waals surface area contributed by atoms with Crippen LogP contribution in [0.15, 0.2) is 54.6 Å². The average Bonchev–Trinajstić information content (AvgIpc) is 2.62. The van der Waals surface area contributed by atoms with E-state index in [2.05, 4.69) is 5.09 Å². The van der Waals surface area contributed by atoms with Gasteiger partial charge in [-0.15, -0.1) is 0 Å². The number of carbonyl (C=O) groups is 1. The summed E-state index contributed by atoms with van der Waals surface area (Å²) in [7, 11) is -4.12. The molecule has 0 spiro atoms. The first-order valence-electron chi connectivity index (χ1n) is 8.40. The number of esters is 1. The first-order valence-corrected chi connectivity index (χ1v) is 9.95. The van der Waals surface area contributed by atoms with Crippen molar-refractivity contribution in [1.29, 1.82) is 0 Å². The van der Waals surface area contributed by atoms with Crippen LogP contribution in [-0.2, 0) is 14.1 Å². The molecule has 0 saturated heterocycles. The molecule has 28 heavy (non-hydrogen) atoms. The van der Waals surface area contributed by atoms with E-state index in [1.807, 2.05) is 0 Å². The Kier molecular flexibility index (Phi) is 6.77. The summed E-state index contributed by atoms with van der Waals surface area (Å²) in [5.41, 5.74) is -1.54. The first kappa shape index (κ1) is 21.4. The number of nitro benzene ring substituents is 1. The van der Waals surface area contributed by atoms with Crippen molar-refractivity contribution < 1.29 is 28.1 Å². The van der Waals surface area contributed by atoms with E-state index < -0.39 is 24.2 Å².